The van der Waals surface area contributed by atoms with Crippen LogP contribution in [-0.4, -0.2) is 61.1 Å². The number of esters is 1. The molecule has 0 fully saturated rings. The van der Waals surface area contributed by atoms with Crippen molar-refractivity contribution < 1.29 is 24.2 Å². The van der Waals surface area contributed by atoms with Crippen molar-refractivity contribution in [3.63, 3.8) is 0 Å². The number of amides is 2. The van der Waals surface area contributed by atoms with Gasteiger partial charge >= 0.3 is 5.97 Å². The van der Waals surface area contributed by atoms with Gasteiger partial charge in [-0.15, -0.1) is 0 Å². The second-order valence-corrected chi connectivity index (χ2v) is 6.18. The van der Waals surface area contributed by atoms with E-state index in [1.165, 1.54) is 18.9 Å². The summed E-state index contributed by atoms with van der Waals surface area (Å²) in [5, 5.41) is 12.1. The topological polar surface area (TPSA) is 99.2 Å². The molecule has 3 rings (SSSR count). The van der Waals surface area contributed by atoms with E-state index >= 15 is 0 Å². The van der Waals surface area contributed by atoms with Gasteiger partial charge in [0.25, 0.3) is 5.91 Å². The molecule has 0 unspecified atom stereocenters. The molecule has 8 nitrogen and oxygen atoms in total. The molecular weight excluding hydrogens is 338 g/mol. The summed E-state index contributed by atoms with van der Waals surface area (Å²) in [7, 11) is 1.26. The molecule has 2 aliphatic heterocycles. The Hall–Kier alpha value is -2.87. The Balaban J connectivity index is 1.88. The van der Waals surface area contributed by atoms with Crippen molar-refractivity contribution >= 4 is 29.2 Å². The lowest BCUT2D eigenvalue weighted by Gasteiger charge is -2.16. The quantitative estimate of drug-likeness (QED) is 0.732. The normalized spacial score (nSPS) is 16.2. The summed E-state index contributed by atoms with van der Waals surface area (Å²) in [6.07, 6.45) is 0.734. The highest BCUT2D eigenvalue weighted by Gasteiger charge is 2.34. The molecule has 2 N–H and O–H groups in total. The molecular formula is C18H21N3O5. The summed E-state index contributed by atoms with van der Waals surface area (Å²) >= 11 is 0. The summed E-state index contributed by atoms with van der Waals surface area (Å²) < 4.78 is 4.77. The molecule has 8 heteroatoms. The Labute approximate surface area is 151 Å². The van der Waals surface area contributed by atoms with Crippen molar-refractivity contribution in [2.24, 2.45) is 0 Å². The van der Waals surface area contributed by atoms with Crippen LogP contribution in [0, 0.1) is 0 Å². The van der Waals surface area contributed by atoms with Gasteiger partial charge < -0.3 is 25.0 Å². The Kier molecular flexibility index (Phi) is 4.94. The van der Waals surface area contributed by atoms with Gasteiger partial charge in [-0.3, -0.25) is 9.59 Å². The van der Waals surface area contributed by atoms with E-state index in [0.29, 0.717) is 12.2 Å². The molecule has 2 aliphatic rings. The van der Waals surface area contributed by atoms with Gasteiger partial charge in [-0.2, -0.15) is 0 Å². The van der Waals surface area contributed by atoms with Gasteiger partial charge in [0.2, 0.25) is 5.91 Å². The van der Waals surface area contributed by atoms with E-state index in [9.17, 15) is 14.4 Å². The first-order valence-corrected chi connectivity index (χ1v) is 8.36. The SMILES string of the molecule is COC(=O)C1=C(Nc2ccc3c(c2)CCN3C(C)=O)C(=O)N(CCO)C1. The van der Waals surface area contributed by atoms with E-state index in [1.54, 1.807) is 11.0 Å². The third-order valence-corrected chi connectivity index (χ3v) is 4.58. The van der Waals surface area contributed by atoms with Crippen LogP contribution in [0.5, 0.6) is 0 Å². The Morgan fingerprint density at radius 1 is 1.35 bits per heavy atom. The second-order valence-electron chi connectivity index (χ2n) is 6.18. The van der Waals surface area contributed by atoms with Crippen LogP contribution in [-0.2, 0) is 25.5 Å². The number of aliphatic hydroxyl groups is 1. The van der Waals surface area contributed by atoms with Crippen LogP contribution in [0.1, 0.15) is 12.5 Å². The molecule has 1 aromatic rings. The predicted molar refractivity (Wildman–Crippen MR) is 94.5 cm³/mol. The minimum atomic E-state index is -0.579. The van der Waals surface area contributed by atoms with Crippen LogP contribution < -0.4 is 10.2 Å². The average molecular weight is 359 g/mol. The zero-order valence-electron chi connectivity index (χ0n) is 14.7. The van der Waals surface area contributed by atoms with Crippen LogP contribution in [0.4, 0.5) is 11.4 Å². The summed E-state index contributed by atoms with van der Waals surface area (Å²) in [4.78, 5) is 39.3. The maximum atomic E-state index is 12.5. The van der Waals surface area contributed by atoms with Gasteiger partial charge in [0.15, 0.2) is 0 Å². The lowest BCUT2D eigenvalue weighted by molar-refractivity contribution is -0.136. The third kappa shape index (κ3) is 3.15. The second kappa shape index (κ2) is 7.17. The number of hydrogen-bond acceptors (Lipinski definition) is 6. The molecule has 0 radical (unpaired) electrons. The molecule has 2 amide bonds. The molecule has 0 aliphatic carbocycles. The van der Waals surface area contributed by atoms with Crippen LogP contribution in [0.3, 0.4) is 0 Å². The lowest BCUT2D eigenvalue weighted by atomic mass is 10.1. The highest BCUT2D eigenvalue weighted by molar-refractivity contribution is 6.08. The molecule has 138 valence electrons. The van der Waals surface area contributed by atoms with Crippen LogP contribution in [0.15, 0.2) is 29.5 Å². The minimum Gasteiger partial charge on any atom is -0.466 e. The molecule has 0 spiro atoms. The number of fused-ring (bicyclic) bond motifs is 1. The standard InChI is InChI=1S/C18H21N3O5/c1-11(23)21-6-5-12-9-13(3-4-15(12)21)19-16-14(18(25)26-2)10-20(7-8-22)17(16)24/h3-4,9,19,22H,5-8,10H2,1-2H3. The van der Waals surface area contributed by atoms with Crippen molar-refractivity contribution in [2.45, 2.75) is 13.3 Å². The number of nitrogens with zero attached hydrogens (tertiary/aromatic N) is 2. The molecule has 2 heterocycles. The number of nitrogens with one attached hydrogen (secondary N) is 1. The highest BCUT2D eigenvalue weighted by Crippen LogP contribution is 2.32. The predicted octanol–water partition coefficient (Wildman–Crippen LogP) is 0.269. The first-order valence-electron chi connectivity index (χ1n) is 8.36. The zero-order chi connectivity index (χ0) is 18.8. The van der Waals surface area contributed by atoms with E-state index in [1.807, 2.05) is 12.1 Å². The number of carbonyl (C=O) groups is 3. The monoisotopic (exact) mass is 359 g/mol. The van der Waals surface area contributed by atoms with Gasteiger partial charge in [0, 0.05) is 31.4 Å². The number of benzene rings is 1. The van der Waals surface area contributed by atoms with E-state index in [0.717, 1.165) is 17.7 Å². The summed E-state index contributed by atoms with van der Waals surface area (Å²) in [5.74, 6) is -0.943. The van der Waals surface area contributed by atoms with Gasteiger partial charge in [-0.25, -0.2) is 4.79 Å². The van der Waals surface area contributed by atoms with Crippen molar-refractivity contribution in [2.75, 3.05) is 43.6 Å². The van der Waals surface area contributed by atoms with Crippen molar-refractivity contribution in [3.8, 4) is 0 Å². The van der Waals surface area contributed by atoms with E-state index < -0.39 is 5.97 Å². The Bertz CT molecular complexity index is 802. The first-order chi connectivity index (χ1) is 12.5. The Morgan fingerprint density at radius 2 is 2.12 bits per heavy atom. The number of hydrogen-bond donors (Lipinski definition) is 2. The Morgan fingerprint density at radius 3 is 2.77 bits per heavy atom. The molecule has 0 aromatic heterocycles. The van der Waals surface area contributed by atoms with Gasteiger partial charge in [0.05, 0.1) is 25.8 Å². The van der Waals surface area contributed by atoms with E-state index in [-0.39, 0.29) is 42.8 Å². The third-order valence-electron chi connectivity index (χ3n) is 4.58. The molecule has 1 aromatic carbocycles. The number of β-amino-alcohol motifs (C(OH)–C–C–N with tert-alkyl or cyclic N) is 1. The summed E-state index contributed by atoms with van der Waals surface area (Å²) in [6, 6.07) is 5.47. The maximum Gasteiger partial charge on any atom is 0.337 e. The summed E-state index contributed by atoms with van der Waals surface area (Å²) in [6.45, 7) is 2.21. The number of carbonyl (C=O) groups excluding carboxylic acids is 3. The fourth-order valence-electron chi connectivity index (χ4n) is 3.30. The number of methoxy groups -OCH3 is 1. The van der Waals surface area contributed by atoms with Gasteiger partial charge in [-0.05, 0) is 30.2 Å². The largest absolute Gasteiger partial charge is 0.466 e. The van der Waals surface area contributed by atoms with Crippen LogP contribution >= 0.6 is 0 Å². The molecule has 0 bridgehead atoms. The molecule has 26 heavy (non-hydrogen) atoms. The van der Waals surface area contributed by atoms with Crippen LogP contribution in [0.2, 0.25) is 0 Å². The molecule has 0 atom stereocenters. The minimum absolute atomic E-state index is 0.00855. The van der Waals surface area contributed by atoms with Gasteiger partial charge in [0.1, 0.15) is 5.70 Å². The van der Waals surface area contributed by atoms with Crippen LogP contribution in [0.25, 0.3) is 0 Å². The molecule has 0 saturated carbocycles. The van der Waals surface area contributed by atoms with E-state index in [2.05, 4.69) is 5.32 Å². The fourth-order valence-corrected chi connectivity index (χ4v) is 3.30. The fraction of sp³-hybridized carbons (Fsp3) is 0.389. The van der Waals surface area contributed by atoms with Crippen molar-refractivity contribution in [1.29, 1.82) is 0 Å². The first kappa shape index (κ1) is 17.9. The van der Waals surface area contributed by atoms with Gasteiger partial charge in [-0.1, -0.05) is 0 Å². The number of aliphatic hydroxyl groups excluding tert-OH is 1. The smallest absolute Gasteiger partial charge is 0.337 e. The highest BCUT2D eigenvalue weighted by atomic mass is 16.5. The maximum absolute atomic E-state index is 12.5. The number of rotatable bonds is 5. The lowest BCUT2D eigenvalue weighted by Crippen LogP contribution is -2.31. The number of anilines is 2. The van der Waals surface area contributed by atoms with Crippen molar-refractivity contribution in [3.05, 3.63) is 35.0 Å². The average Bonchev–Trinajstić information content (AvgIpc) is 3.17. The zero-order valence-corrected chi connectivity index (χ0v) is 14.7. The molecule has 0 saturated heterocycles. The summed E-state index contributed by atoms with van der Waals surface area (Å²) in [5.41, 5.74) is 2.92. The van der Waals surface area contributed by atoms with E-state index in [4.69, 9.17) is 9.84 Å². The van der Waals surface area contributed by atoms with Crippen molar-refractivity contribution in [1.82, 2.24) is 4.90 Å². The number of ether oxygens (including phenoxy) is 1.